The monoisotopic (exact) mass is 462 g/mol. The molecule has 0 N–H and O–H groups in total. The fourth-order valence-corrected chi connectivity index (χ4v) is 4.85. The molecule has 3 fully saturated rings. The molecule has 0 heterocycles. The van der Waals surface area contributed by atoms with E-state index in [1.165, 1.54) is 51.4 Å². The Kier molecular flexibility index (Phi) is 12.1. The number of halogens is 4. The van der Waals surface area contributed by atoms with Crippen molar-refractivity contribution in [2.45, 2.75) is 112 Å². The van der Waals surface area contributed by atoms with Gasteiger partial charge in [0.15, 0.2) is 0 Å². The number of alkyl halides is 2. The second-order valence-electron chi connectivity index (χ2n) is 7.60. The van der Waals surface area contributed by atoms with Gasteiger partial charge in [-0.15, -0.1) is 35.3 Å². The predicted molar refractivity (Wildman–Crippen MR) is 108 cm³/mol. The predicted octanol–water partition coefficient (Wildman–Crippen LogP) is 7.52. The molecule has 0 aromatic carbocycles. The van der Waals surface area contributed by atoms with E-state index in [0.717, 1.165) is 25.7 Å². The van der Waals surface area contributed by atoms with Crippen LogP contribution in [0.2, 0.25) is 0 Å². The van der Waals surface area contributed by atoms with Gasteiger partial charge >= 0.3 is 35.6 Å². The second-order valence-corrected chi connectivity index (χ2v) is 11.4. The van der Waals surface area contributed by atoms with Crippen LogP contribution in [0.5, 0.6) is 0 Å². The van der Waals surface area contributed by atoms with E-state index in [9.17, 15) is 0 Å². The zero-order chi connectivity index (χ0) is 18.1. The molecule has 0 radical (unpaired) electrons. The van der Waals surface area contributed by atoms with Gasteiger partial charge in [0.25, 0.3) is 0 Å². The number of nitrogens with zero attached hydrogens (tertiary/aromatic N) is 2. The summed E-state index contributed by atoms with van der Waals surface area (Å²) in [5.74, 6) is 0. The molecule has 3 aliphatic rings. The van der Waals surface area contributed by atoms with Crippen LogP contribution in [0, 0.1) is 0 Å². The van der Waals surface area contributed by atoms with Gasteiger partial charge in [0, 0.05) is 10.8 Å². The van der Waals surface area contributed by atoms with Crippen molar-refractivity contribution in [3.8, 4) is 0 Å². The van der Waals surface area contributed by atoms with Crippen LogP contribution in [0.4, 0.5) is 0 Å². The molecule has 3 saturated carbocycles. The molecule has 146 valence electrons. The van der Waals surface area contributed by atoms with Crippen LogP contribution in [0.3, 0.4) is 0 Å². The Morgan fingerprint density at radius 1 is 0.560 bits per heavy atom. The fourth-order valence-electron chi connectivity index (χ4n) is 4.35. The molecule has 0 bridgehead atoms. The third kappa shape index (κ3) is 8.78. The minimum absolute atomic E-state index is 0.393. The Balaban J connectivity index is 0.000000701. The van der Waals surface area contributed by atoms with Crippen LogP contribution in [0.15, 0.2) is 0 Å². The molecule has 2 atom stereocenters. The SMILES string of the molecule is ClC1CCC([N-]C2CCCCC2[N-]C2CCC(Cl)CC2)CC1.[Cl][Ti][Cl]. The first-order chi connectivity index (χ1) is 12.1. The van der Waals surface area contributed by atoms with Crippen LogP contribution in [0.1, 0.15) is 77.0 Å². The van der Waals surface area contributed by atoms with Crippen LogP contribution < -0.4 is 0 Å². The first-order valence-electron chi connectivity index (χ1n) is 9.76. The molecule has 2 nitrogen and oxygen atoms in total. The Labute approximate surface area is 180 Å². The van der Waals surface area contributed by atoms with Crippen molar-refractivity contribution in [1.82, 2.24) is 0 Å². The van der Waals surface area contributed by atoms with Crippen molar-refractivity contribution in [2.75, 3.05) is 0 Å². The number of rotatable bonds is 4. The van der Waals surface area contributed by atoms with Gasteiger partial charge in [-0.25, -0.2) is 0 Å². The van der Waals surface area contributed by atoms with Crippen molar-refractivity contribution in [2.24, 2.45) is 0 Å². The van der Waals surface area contributed by atoms with E-state index in [4.69, 9.17) is 52.4 Å². The van der Waals surface area contributed by atoms with Crippen LogP contribution in [0.25, 0.3) is 10.6 Å². The molecule has 7 heteroatoms. The normalized spacial score (nSPS) is 39.2. The van der Waals surface area contributed by atoms with E-state index in [2.05, 4.69) is 0 Å². The third-order valence-electron chi connectivity index (χ3n) is 5.75. The molecular weight excluding hydrogens is 434 g/mol. The van der Waals surface area contributed by atoms with Crippen LogP contribution in [-0.4, -0.2) is 34.9 Å². The summed E-state index contributed by atoms with van der Waals surface area (Å²) in [4.78, 5) is 0. The average molecular weight is 464 g/mol. The van der Waals surface area contributed by atoms with Crippen molar-refractivity contribution >= 4 is 41.8 Å². The zero-order valence-corrected chi connectivity index (χ0v) is 19.4. The summed E-state index contributed by atoms with van der Waals surface area (Å²) in [5, 5.41) is 11.2. The van der Waals surface area contributed by atoms with Gasteiger partial charge in [-0.2, -0.15) is 12.1 Å². The maximum absolute atomic E-state index is 6.22. The van der Waals surface area contributed by atoms with Crippen molar-refractivity contribution in [3.63, 3.8) is 0 Å². The summed E-state index contributed by atoms with van der Waals surface area (Å²) < 4.78 is 0. The van der Waals surface area contributed by atoms with Gasteiger partial charge in [0.05, 0.1) is 0 Å². The van der Waals surface area contributed by atoms with Gasteiger partial charge in [-0.1, -0.05) is 51.4 Å². The second kappa shape index (κ2) is 13.1. The number of hydrogen-bond acceptors (Lipinski definition) is 0. The maximum atomic E-state index is 6.22. The molecular formula is C18H30Cl4N2Ti-2. The van der Waals surface area contributed by atoms with E-state index in [1.807, 2.05) is 0 Å². The Morgan fingerprint density at radius 3 is 1.20 bits per heavy atom. The van der Waals surface area contributed by atoms with Gasteiger partial charge in [0.2, 0.25) is 0 Å². The Morgan fingerprint density at radius 2 is 0.880 bits per heavy atom. The Bertz CT molecular complexity index is 316. The average Bonchev–Trinajstić information content (AvgIpc) is 2.61. The van der Waals surface area contributed by atoms with Gasteiger partial charge in [0.1, 0.15) is 0 Å². The molecule has 2 unspecified atom stereocenters. The van der Waals surface area contributed by atoms with Crippen molar-refractivity contribution < 1.29 is 17.0 Å². The van der Waals surface area contributed by atoms with Gasteiger partial charge in [-0.05, 0) is 25.7 Å². The van der Waals surface area contributed by atoms with Gasteiger partial charge in [-0.3, -0.25) is 0 Å². The van der Waals surface area contributed by atoms with Gasteiger partial charge < -0.3 is 10.6 Å². The molecule has 0 amide bonds. The molecule has 0 spiro atoms. The summed E-state index contributed by atoms with van der Waals surface area (Å²) in [6, 6.07) is 2.07. The van der Waals surface area contributed by atoms with E-state index >= 15 is 0 Å². The topological polar surface area (TPSA) is 28.2 Å². The van der Waals surface area contributed by atoms with E-state index in [1.54, 1.807) is 0 Å². The summed E-state index contributed by atoms with van der Waals surface area (Å²) >= 11 is 11.9. The summed E-state index contributed by atoms with van der Waals surface area (Å²) in [7, 11) is 9.78. The third-order valence-corrected chi connectivity index (χ3v) is 6.62. The first kappa shape index (κ1) is 23.1. The van der Waals surface area contributed by atoms with Crippen molar-refractivity contribution in [1.29, 1.82) is 0 Å². The molecule has 0 aliphatic heterocycles. The van der Waals surface area contributed by atoms with Crippen LogP contribution in [-0.2, 0) is 17.0 Å². The van der Waals surface area contributed by atoms with Crippen molar-refractivity contribution in [3.05, 3.63) is 10.6 Å². The molecule has 0 aromatic rings. The van der Waals surface area contributed by atoms with E-state index in [0.29, 0.717) is 34.9 Å². The molecule has 0 aromatic heterocycles. The molecule has 25 heavy (non-hydrogen) atoms. The molecule has 3 rings (SSSR count). The fraction of sp³-hybridized carbons (Fsp3) is 1.00. The quantitative estimate of drug-likeness (QED) is 0.304. The number of hydrogen-bond donors (Lipinski definition) is 0. The standard InChI is InChI=1S/C18H30Cl2N2.2ClH.Ti/c19-13-5-9-15(10-6-13)21-17-3-1-2-4-18(17)22-16-11-7-14(20)8-12-16;;;/h13-18H,1-12H2;2*1H;/q-2;;;+2/p-2. The molecule has 0 saturated heterocycles. The minimum atomic E-state index is -0.556. The zero-order valence-electron chi connectivity index (χ0n) is 14.9. The summed E-state index contributed by atoms with van der Waals surface area (Å²) in [5.41, 5.74) is 0. The van der Waals surface area contributed by atoms with Crippen LogP contribution >= 0.6 is 41.8 Å². The first-order valence-corrected chi connectivity index (χ1v) is 14.9. The van der Waals surface area contributed by atoms with E-state index < -0.39 is 17.0 Å². The summed E-state index contributed by atoms with van der Waals surface area (Å²) in [6.45, 7) is 0. The van der Waals surface area contributed by atoms with E-state index in [-0.39, 0.29) is 0 Å². The summed E-state index contributed by atoms with van der Waals surface area (Å²) in [6.07, 6.45) is 14.5. The Hall–Kier alpha value is 1.79. The molecule has 3 aliphatic carbocycles.